The highest BCUT2D eigenvalue weighted by Crippen LogP contribution is 2.30. The van der Waals surface area contributed by atoms with Crippen molar-refractivity contribution in [2.24, 2.45) is 0 Å². The number of methoxy groups -OCH3 is 1. The molecule has 0 saturated carbocycles. The molecule has 1 aromatic heterocycles. The zero-order valence-corrected chi connectivity index (χ0v) is 16.1. The number of carbonyl (C=O) groups excluding carboxylic acids is 1. The minimum Gasteiger partial charge on any atom is -0.496 e. The number of rotatable bonds is 7. The van der Waals surface area contributed by atoms with Crippen molar-refractivity contribution in [2.75, 3.05) is 37.2 Å². The maximum Gasteiger partial charge on any atom is 0.277 e. The van der Waals surface area contributed by atoms with Crippen LogP contribution in [0.5, 0.6) is 5.75 Å². The van der Waals surface area contributed by atoms with Crippen molar-refractivity contribution >= 4 is 29.0 Å². The fourth-order valence-corrected chi connectivity index (χ4v) is 2.93. The summed E-state index contributed by atoms with van der Waals surface area (Å²) in [4.78, 5) is 14.1. The molecule has 0 saturated heterocycles. The van der Waals surface area contributed by atoms with Gasteiger partial charge in [0, 0.05) is 25.5 Å². The second-order valence-electron chi connectivity index (χ2n) is 5.85. The summed E-state index contributed by atoms with van der Waals surface area (Å²) in [5.74, 6) is 1.03. The Labute approximate surface area is 161 Å². The first kappa shape index (κ1) is 18.8. The van der Waals surface area contributed by atoms with Gasteiger partial charge < -0.3 is 19.4 Å². The SMILES string of the molecule is COc1ccccc1-c1nnc(SCC(=O)Nc2ccc(N(C)C)cc2)o1. The number of ether oxygens (including phenoxy) is 1. The van der Waals surface area contributed by atoms with Crippen molar-refractivity contribution in [3.05, 3.63) is 48.5 Å². The van der Waals surface area contributed by atoms with Gasteiger partial charge in [0.15, 0.2) is 0 Å². The van der Waals surface area contributed by atoms with Crippen LogP contribution in [0.3, 0.4) is 0 Å². The molecule has 0 radical (unpaired) electrons. The number of hydrogen-bond acceptors (Lipinski definition) is 7. The van der Waals surface area contributed by atoms with Crippen LogP contribution in [0.2, 0.25) is 0 Å². The zero-order valence-electron chi connectivity index (χ0n) is 15.3. The van der Waals surface area contributed by atoms with Crippen molar-refractivity contribution in [2.45, 2.75) is 5.22 Å². The van der Waals surface area contributed by atoms with Crippen LogP contribution >= 0.6 is 11.8 Å². The fourth-order valence-electron chi connectivity index (χ4n) is 2.37. The Kier molecular flexibility index (Phi) is 5.97. The van der Waals surface area contributed by atoms with Crippen LogP contribution in [0, 0.1) is 0 Å². The summed E-state index contributed by atoms with van der Waals surface area (Å²) in [6, 6.07) is 15.0. The van der Waals surface area contributed by atoms with Crippen LogP contribution in [0.15, 0.2) is 58.2 Å². The third kappa shape index (κ3) is 4.79. The first-order valence-electron chi connectivity index (χ1n) is 8.24. The molecule has 8 heteroatoms. The average molecular weight is 384 g/mol. The molecule has 0 aliphatic carbocycles. The van der Waals surface area contributed by atoms with E-state index in [4.69, 9.17) is 9.15 Å². The summed E-state index contributed by atoms with van der Waals surface area (Å²) in [7, 11) is 5.52. The lowest BCUT2D eigenvalue weighted by Crippen LogP contribution is -2.14. The van der Waals surface area contributed by atoms with E-state index in [1.807, 2.05) is 67.5 Å². The molecule has 1 amide bonds. The van der Waals surface area contributed by atoms with Gasteiger partial charge in [0.25, 0.3) is 11.1 Å². The van der Waals surface area contributed by atoms with E-state index in [0.717, 1.165) is 11.4 Å². The Morgan fingerprint density at radius 1 is 1.15 bits per heavy atom. The molecule has 1 N–H and O–H groups in total. The Morgan fingerprint density at radius 2 is 1.89 bits per heavy atom. The van der Waals surface area contributed by atoms with Crippen LogP contribution in [0.4, 0.5) is 11.4 Å². The highest BCUT2D eigenvalue weighted by molar-refractivity contribution is 7.99. The van der Waals surface area contributed by atoms with Gasteiger partial charge in [-0.1, -0.05) is 23.9 Å². The quantitative estimate of drug-likeness (QED) is 0.624. The molecule has 0 bridgehead atoms. The smallest absolute Gasteiger partial charge is 0.277 e. The van der Waals surface area contributed by atoms with E-state index >= 15 is 0 Å². The molecule has 0 aliphatic heterocycles. The first-order chi connectivity index (χ1) is 13.1. The largest absolute Gasteiger partial charge is 0.496 e. The molecule has 2 aromatic carbocycles. The van der Waals surface area contributed by atoms with Crippen LogP contribution in [0.1, 0.15) is 0 Å². The van der Waals surface area contributed by atoms with Crippen LogP contribution in [0.25, 0.3) is 11.5 Å². The van der Waals surface area contributed by atoms with Gasteiger partial charge in [-0.3, -0.25) is 4.79 Å². The van der Waals surface area contributed by atoms with E-state index in [2.05, 4.69) is 15.5 Å². The summed E-state index contributed by atoms with van der Waals surface area (Å²) < 4.78 is 10.9. The van der Waals surface area contributed by atoms with E-state index in [1.165, 1.54) is 11.8 Å². The van der Waals surface area contributed by atoms with Crippen molar-refractivity contribution in [1.82, 2.24) is 10.2 Å². The van der Waals surface area contributed by atoms with Gasteiger partial charge >= 0.3 is 0 Å². The van der Waals surface area contributed by atoms with Gasteiger partial charge in [-0.25, -0.2) is 0 Å². The van der Waals surface area contributed by atoms with Crippen LogP contribution in [-0.4, -0.2) is 43.1 Å². The first-order valence-corrected chi connectivity index (χ1v) is 9.22. The molecule has 0 atom stereocenters. The van der Waals surface area contributed by atoms with Gasteiger partial charge in [-0.05, 0) is 36.4 Å². The van der Waals surface area contributed by atoms with E-state index in [9.17, 15) is 4.79 Å². The second-order valence-corrected chi connectivity index (χ2v) is 6.78. The number of benzene rings is 2. The Balaban J connectivity index is 1.57. The van der Waals surface area contributed by atoms with Gasteiger partial charge in [0.1, 0.15) is 5.75 Å². The van der Waals surface area contributed by atoms with Crippen molar-refractivity contribution < 1.29 is 13.9 Å². The third-order valence-corrected chi connectivity index (χ3v) is 4.56. The summed E-state index contributed by atoms with van der Waals surface area (Å²) in [5, 5.41) is 11.2. The third-order valence-electron chi connectivity index (χ3n) is 3.74. The van der Waals surface area contributed by atoms with Crippen LogP contribution in [-0.2, 0) is 4.79 Å². The molecule has 0 unspecified atom stereocenters. The molecule has 0 fully saturated rings. The molecule has 0 aliphatic rings. The molecule has 1 heterocycles. The predicted octanol–water partition coefficient (Wildman–Crippen LogP) is 3.54. The number of carbonyl (C=O) groups is 1. The summed E-state index contributed by atoms with van der Waals surface area (Å²) in [6.07, 6.45) is 0. The number of amides is 1. The summed E-state index contributed by atoms with van der Waals surface area (Å²) in [6.45, 7) is 0. The number of aromatic nitrogens is 2. The lowest BCUT2D eigenvalue weighted by Gasteiger charge is -2.12. The maximum atomic E-state index is 12.1. The van der Waals surface area contributed by atoms with E-state index in [-0.39, 0.29) is 11.7 Å². The van der Waals surface area contributed by atoms with E-state index < -0.39 is 0 Å². The summed E-state index contributed by atoms with van der Waals surface area (Å²) >= 11 is 1.18. The zero-order chi connectivity index (χ0) is 19.2. The molecule has 0 spiro atoms. The fraction of sp³-hybridized carbons (Fsp3) is 0.211. The van der Waals surface area contributed by atoms with Gasteiger partial charge in [-0.15, -0.1) is 10.2 Å². The highest BCUT2D eigenvalue weighted by atomic mass is 32.2. The lowest BCUT2D eigenvalue weighted by atomic mass is 10.2. The summed E-state index contributed by atoms with van der Waals surface area (Å²) in [5.41, 5.74) is 2.52. The molecule has 3 rings (SSSR count). The molecule has 27 heavy (non-hydrogen) atoms. The topological polar surface area (TPSA) is 80.5 Å². The van der Waals surface area contributed by atoms with Crippen molar-refractivity contribution in [3.63, 3.8) is 0 Å². The second kappa shape index (κ2) is 8.59. The van der Waals surface area contributed by atoms with Gasteiger partial charge in [0.2, 0.25) is 5.91 Å². The Hall–Kier alpha value is -3.00. The maximum absolute atomic E-state index is 12.1. The van der Waals surface area contributed by atoms with Crippen molar-refractivity contribution in [3.8, 4) is 17.2 Å². The number of nitrogens with one attached hydrogen (secondary N) is 1. The molecular weight excluding hydrogens is 364 g/mol. The molecule has 3 aromatic rings. The Morgan fingerprint density at radius 3 is 2.59 bits per heavy atom. The number of nitrogens with zero attached hydrogens (tertiary/aromatic N) is 3. The normalized spacial score (nSPS) is 10.5. The standard InChI is InChI=1S/C19H20N4O3S/c1-23(2)14-10-8-13(9-11-14)20-17(24)12-27-19-22-21-18(26-19)15-6-4-5-7-16(15)25-3/h4-11H,12H2,1-3H3,(H,20,24). The van der Waals surface area contributed by atoms with E-state index in [0.29, 0.717) is 22.4 Å². The number of hydrogen-bond donors (Lipinski definition) is 1. The average Bonchev–Trinajstić information content (AvgIpc) is 3.15. The number of anilines is 2. The predicted molar refractivity (Wildman–Crippen MR) is 106 cm³/mol. The van der Waals surface area contributed by atoms with Gasteiger partial charge in [0.05, 0.1) is 18.4 Å². The van der Waals surface area contributed by atoms with Gasteiger partial charge in [-0.2, -0.15) is 0 Å². The Bertz CT molecular complexity index is 909. The van der Waals surface area contributed by atoms with Crippen LogP contribution < -0.4 is 15.0 Å². The number of para-hydroxylation sites is 1. The molecule has 7 nitrogen and oxygen atoms in total. The minimum atomic E-state index is -0.144. The lowest BCUT2D eigenvalue weighted by molar-refractivity contribution is -0.113. The minimum absolute atomic E-state index is 0.144. The molecular formula is C19H20N4O3S. The van der Waals surface area contributed by atoms with Crippen molar-refractivity contribution in [1.29, 1.82) is 0 Å². The number of thioether (sulfide) groups is 1. The van der Waals surface area contributed by atoms with E-state index in [1.54, 1.807) is 7.11 Å². The monoisotopic (exact) mass is 384 g/mol. The highest BCUT2D eigenvalue weighted by Gasteiger charge is 2.14. The molecule has 140 valence electrons.